The fourth-order valence-corrected chi connectivity index (χ4v) is 4.38. The molecule has 0 radical (unpaired) electrons. The van der Waals surface area contributed by atoms with Crippen molar-refractivity contribution in [1.29, 1.82) is 0 Å². The van der Waals surface area contributed by atoms with E-state index >= 15 is 0 Å². The van der Waals surface area contributed by atoms with Crippen molar-refractivity contribution in [1.82, 2.24) is 0 Å². The summed E-state index contributed by atoms with van der Waals surface area (Å²) in [6.07, 6.45) is -3.21. The highest BCUT2D eigenvalue weighted by Crippen LogP contribution is 2.35. The summed E-state index contributed by atoms with van der Waals surface area (Å²) in [5.41, 5.74) is 1.22. The molecule has 0 saturated carbocycles. The van der Waals surface area contributed by atoms with Gasteiger partial charge in [-0.25, -0.2) is 0 Å². The molecule has 1 aliphatic heterocycles. The zero-order valence-electron chi connectivity index (χ0n) is 15.6. The summed E-state index contributed by atoms with van der Waals surface area (Å²) in [5, 5.41) is 39.1. The predicted molar refractivity (Wildman–Crippen MR) is 108 cm³/mol. The van der Waals surface area contributed by atoms with E-state index in [2.05, 4.69) is 0 Å². The average Bonchev–Trinajstić information content (AvgIpc) is 2.71. The second-order valence-electron chi connectivity index (χ2n) is 6.68. The van der Waals surface area contributed by atoms with Crippen LogP contribution in [-0.2, 0) is 6.42 Å². The van der Waals surface area contributed by atoms with E-state index in [4.69, 9.17) is 9.47 Å². The molecule has 1 saturated heterocycles. The van der Waals surface area contributed by atoms with Crippen LogP contribution < -0.4 is 9.47 Å². The van der Waals surface area contributed by atoms with Crippen LogP contribution in [0, 0.1) is 0 Å². The molecule has 6 nitrogen and oxygen atoms in total. The van der Waals surface area contributed by atoms with Gasteiger partial charge >= 0.3 is 0 Å². The Kier molecular flexibility index (Phi) is 7.20. The van der Waals surface area contributed by atoms with Crippen LogP contribution in [0.3, 0.4) is 0 Å². The van der Waals surface area contributed by atoms with Crippen molar-refractivity contribution >= 4 is 11.8 Å². The minimum atomic E-state index is -1.37. The van der Waals surface area contributed by atoms with E-state index in [1.807, 2.05) is 55.5 Å². The Labute approximate surface area is 168 Å². The average molecular weight is 407 g/mol. The summed E-state index contributed by atoms with van der Waals surface area (Å²) in [7, 11) is 0. The maximum Gasteiger partial charge on any atom is 0.173 e. The van der Waals surface area contributed by atoms with E-state index in [1.54, 1.807) is 0 Å². The van der Waals surface area contributed by atoms with Gasteiger partial charge in [0.2, 0.25) is 0 Å². The zero-order valence-corrected chi connectivity index (χ0v) is 16.5. The van der Waals surface area contributed by atoms with E-state index in [0.29, 0.717) is 18.8 Å². The van der Waals surface area contributed by atoms with Crippen molar-refractivity contribution in [2.24, 2.45) is 0 Å². The molecule has 3 rings (SSSR count). The maximum atomic E-state index is 10.3. The molecule has 152 valence electrons. The Bertz CT molecular complexity index is 751. The Morgan fingerprint density at radius 2 is 1.64 bits per heavy atom. The Morgan fingerprint density at radius 3 is 2.32 bits per heavy atom. The summed E-state index contributed by atoms with van der Waals surface area (Å²) in [6.45, 7) is 2.24. The standard InChI is InChI=1S/C21H26O6S/c1-2-26-15-9-7-13(8-10-15)11-14-5-3-4-6-16(14)27-21-20(25)19(24)18(23)17(12-22)28-21/h3-10,17-25H,2,11-12H2,1H3. The third-order valence-electron chi connectivity index (χ3n) is 4.69. The quantitative estimate of drug-likeness (QED) is 0.554. The number of thioether (sulfide) groups is 1. The smallest absolute Gasteiger partial charge is 0.173 e. The molecule has 0 aliphatic carbocycles. The van der Waals surface area contributed by atoms with Gasteiger partial charge in [-0.3, -0.25) is 0 Å². The van der Waals surface area contributed by atoms with Crippen molar-refractivity contribution < 1.29 is 29.9 Å². The van der Waals surface area contributed by atoms with Gasteiger partial charge in [-0.1, -0.05) is 30.3 Å². The number of hydrogen-bond acceptors (Lipinski definition) is 7. The first kappa shape index (κ1) is 21.0. The summed E-state index contributed by atoms with van der Waals surface area (Å²) in [5.74, 6) is 1.41. The van der Waals surface area contributed by atoms with Gasteiger partial charge in [-0.05, 0) is 36.2 Å². The molecule has 2 aromatic carbocycles. The molecule has 0 amide bonds. The molecule has 28 heavy (non-hydrogen) atoms. The number of hydrogen-bond donors (Lipinski definition) is 4. The largest absolute Gasteiger partial charge is 0.494 e. The van der Waals surface area contributed by atoms with Crippen LogP contribution in [0.1, 0.15) is 18.1 Å². The van der Waals surface area contributed by atoms with Crippen molar-refractivity contribution in [3.05, 3.63) is 59.7 Å². The number of rotatable bonds is 7. The fraction of sp³-hybridized carbons (Fsp3) is 0.429. The highest BCUT2D eigenvalue weighted by Gasteiger charge is 2.44. The number of para-hydroxylation sites is 1. The van der Waals surface area contributed by atoms with Gasteiger partial charge in [0.05, 0.1) is 24.6 Å². The molecule has 1 fully saturated rings. The van der Waals surface area contributed by atoms with Gasteiger partial charge < -0.3 is 29.9 Å². The highest BCUT2D eigenvalue weighted by molar-refractivity contribution is 8.00. The van der Waals surface area contributed by atoms with E-state index in [9.17, 15) is 20.4 Å². The van der Waals surface area contributed by atoms with Gasteiger partial charge in [0.25, 0.3) is 0 Å². The van der Waals surface area contributed by atoms with Crippen LogP contribution in [0.4, 0.5) is 0 Å². The van der Waals surface area contributed by atoms with Crippen molar-refractivity contribution in [2.75, 3.05) is 13.2 Å². The monoisotopic (exact) mass is 406 g/mol. The van der Waals surface area contributed by atoms with Gasteiger partial charge in [-0.15, -0.1) is 11.8 Å². The number of ether oxygens (including phenoxy) is 2. The SMILES string of the molecule is CCOc1ccc(Cc2ccccc2OC2SC(CO)C(O)C(O)C2O)cc1. The minimum Gasteiger partial charge on any atom is -0.494 e. The summed E-state index contributed by atoms with van der Waals surface area (Å²) < 4.78 is 11.5. The Morgan fingerprint density at radius 1 is 0.929 bits per heavy atom. The van der Waals surface area contributed by atoms with Crippen LogP contribution in [0.2, 0.25) is 0 Å². The molecule has 0 aromatic heterocycles. The molecule has 4 N–H and O–H groups in total. The number of aliphatic hydroxyl groups is 4. The molecular weight excluding hydrogens is 380 g/mol. The summed E-state index contributed by atoms with van der Waals surface area (Å²) >= 11 is 1.12. The molecule has 0 bridgehead atoms. The van der Waals surface area contributed by atoms with Gasteiger partial charge in [-0.2, -0.15) is 0 Å². The second kappa shape index (κ2) is 9.62. The first-order valence-electron chi connectivity index (χ1n) is 9.30. The molecule has 5 unspecified atom stereocenters. The second-order valence-corrected chi connectivity index (χ2v) is 8.02. The van der Waals surface area contributed by atoms with E-state index in [1.165, 1.54) is 0 Å². The molecule has 7 heteroatoms. The zero-order chi connectivity index (χ0) is 20.1. The first-order chi connectivity index (χ1) is 13.5. The predicted octanol–water partition coefficient (Wildman–Crippen LogP) is 1.57. The van der Waals surface area contributed by atoms with Crippen molar-refractivity contribution in [3.63, 3.8) is 0 Å². The van der Waals surface area contributed by atoms with Crippen molar-refractivity contribution in [2.45, 2.75) is 42.3 Å². The Hall–Kier alpha value is -1.77. The molecule has 0 spiro atoms. The first-order valence-corrected chi connectivity index (χ1v) is 10.2. The number of benzene rings is 2. The van der Waals surface area contributed by atoms with Crippen molar-refractivity contribution in [3.8, 4) is 11.5 Å². The van der Waals surface area contributed by atoms with Crippen LogP contribution in [-0.4, -0.2) is 62.6 Å². The lowest BCUT2D eigenvalue weighted by molar-refractivity contribution is -0.0910. The lowest BCUT2D eigenvalue weighted by Gasteiger charge is -2.39. The maximum absolute atomic E-state index is 10.3. The number of aliphatic hydroxyl groups excluding tert-OH is 4. The summed E-state index contributed by atoms with van der Waals surface area (Å²) in [6, 6.07) is 15.3. The van der Waals surface area contributed by atoms with Gasteiger partial charge in [0.15, 0.2) is 5.44 Å². The molecule has 1 aliphatic rings. The lowest BCUT2D eigenvalue weighted by Crippen LogP contribution is -2.55. The minimum absolute atomic E-state index is 0.316. The molecule has 5 atom stereocenters. The Balaban J connectivity index is 1.74. The summed E-state index contributed by atoms with van der Waals surface area (Å²) in [4.78, 5) is 0. The van der Waals surface area contributed by atoms with Crippen LogP contribution in [0.25, 0.3) is 0 Å². The highest BCUT2D eigenvalue weighted by atomic mass is 32.2. The lowest BCUT2D eigenvalue weighted by atomic mass is 10.0. The van der Waals surface area contributed by atoms with Crippen LogP contribution in [0.5, 0.6) is 11.5 Å². The van der Waals surface area contributed by atoms with E-state index in [0.717, 1.165) is 28.6 Å². The topological polar surface area (TPSA) is 99.4 Å². The van der Waals surface area contributed by atoms with Gasteiger partial charge in [0, 0.05) is 6.42 Å². The third kappa shape index (κ3) is 4.79. The molecular formula is C21H26O6S. The van der Waals surface area contributed by atoms with Crippen LogP contribution >= 0.6 is 11.8 Å². The third-order valence-corrected chi connectivity index (χ3v) is 6.11. The molecule has 1 heterocycles. The molecule has 2 aromatic rings. The van der Waals surface area contributed by atoms with Gasteiger partial charge in [0.1, 0.15) is 23.7 Å². The van der Waals surface area contributed by atoms with E-state index in [-0.39, 0.29) is 6.61 Å². The fourth-order valence-electron chi connectivity index (χ4n) is 3.14. The van der Waals surface area contributed by atoms with E-state index < -0.39 is 29.0 Å². The van der Waals surface area contributed by atoms with Crippen LogP contribution in [0.15, 0.2) is 48.5 Å². The normalized spacial score (nSPS) is 27.4.